The molecule has 15 aromatic carbocycles. The average Bonchev–Trinajstić information content (AvgIpc) is 0.939. The summed E-state index contributed by atoms with van der Waals surface area (Å²) >= 11 is 0. The van der Waals surface area contributed by atoms with Gasteiger partial charge in [-0.05, 0) is 171 Å². The average molecular weight is 1170 g/mol. The lowest BCUT2D eigenvalue weighted by Gasteiger charge is -2.20. The van der Waals surface area contributed by atoms with Gasteiger partial charge in [-0.2, -0.15) is 0 Å². The smallest absolute Gasteiger partial charge is 0.145 e. The fourth-order valence-corrected chi connectivity index (χ4v) is 13.8. The molecule has 0 aliphatic heterocycles. The van der Waals surface area contributed by atoms with E-state index in [1.165, 1.54) is 43.8 Å². The SMILES string of the molecule is c1ccc(-c2cc3nc(-c4ccccc4)n(-c4ccc(-c5ccc6c(-c7ccccc7)c7cc(-c8ccc(-n9c(-c%10ccccc%10)nc%10cc(-c%11ccccc%11)c(-c%11ccccc%11)cc%109)cc8)ccc7c(-c7ccccc7)c6c5)cc4)c3cc2-c2ccccc2)cc1. The summed E-state index contributed by atoms with van der Waals surface area (Å²) in [7, 11) is 0. The van der Waals surface area contributed by atoms with Gasteiger partial charge in [0.1, 0.15) is 11.6 Å². The Bertz CT molecular complexity index is 5180. The van der Waals surface area contributed by atoms with Crippen molar-refractivity contribution in [3.05, 3.63) is 352 Å². The van der Waals surface area contributed by atoms with E-state index in [2.05, 4.69) is 361 Å². The van der Waals surface area contributed by atoms with Crippen LogP contribution in [-0.2, 0) is 0 Å². The second-order valence-electron chi connectivity index (χ2n) is 23.6. The summed E-state index contributed by atoms with van der Waals surface area (Å²) in [5.74, 6) is 1.79. The lowest BCUT2D eigenvalue weighted by Crippen LogP contribution is -1.98. The monoisotopic (exact) mass is 1170 g/mol. The first-order valence-electron chi connectivity index (χ1n) is 31.4. The molecule has 0 amide bonds. The minimum Gasteiger partial charge on any atom is -0.292 e. The van der Waals surface area contributed by atoms with E-state index in [4.69, 9.17) is 9.97 Å². The van der Waals surface area contributed by atoms with Crippen LogP contribution in [0.2, 0.25) is 0 Å². The van der Waals surface area contributed by atoms with E-state index in [1.807, 2.05) is 0 Å². The molecule has 4 nitrogen and oxygen atoms in total. The van der Waals surface area contributed by atoms with E-state index < -0.39 is 0 Å². The van der Waals surface area contributed by atoms with Crippen LogP contribution in [0.3, 0.4) is 0 Å². The minimum atomic E-state index is 0.896. The predicted octanol–water partition coefficient (Wildman–Crippen LogP) is 23.3. The number of aromatic nitrogens is 4. The van der Waals surface area contributed by atoms with Crippen molar-refractivity contribution in [2.75, 3.05) is 0 Å². The molecule has 4 heteroatoms. The summed E-state index contributed by atoms with van der Waals surface area (Å²) in [6, 6.07) is 127. The van der Waals surface area contributed by atoms with Gasteiger partial charge in [0.05, 0.1) is 22.1 Å². The Labute approximate surface area is 534 Å². The number of imidazole rings is 2. The van der Waals surface area contributed by atoms with Crippen LogP contribution in [0.5, 0.6) is 0 Å². The molecule has 430 valence electrons. The molecule has 17 rings (SSSR count). The molecule has 0 N–H and O–H groups in total. The quantitative estimate of drug-likeness (QED) is 0.114. The van der Waals surface area contributed by atoms with Gasteiger partial charge in [-0.3, -0.25) is 9.13 Å². The molecule has 0 radical (unpaired) electrons. The zero-order valence-electron chi connectivity index (χ0n) is 50.3. The first-order valence-corrected chi connectivity index (χ1v) is 31.4. The third kappa shape index (κ3) is 9.66. The van der Waals surface area contributed by atoms with Gasteiger partial charge in [0.25, 0.3) is 0 Å². The van der Waals surface area contributed by atoms with Crippen LogP contribution < -0.4 is 0 Å². The summed E-state index contributed by atoms with van der Waals surface area (Å²) in [5, 5.41) is 4.79. The molecule has 2 aromatic heterocycles. The highest BCUT2D eigenvalue weighted by Crippen LogP contribution is 2.47. The first kappa shape index (κ1) is 54.0. The Balaban J connectivity index is 0.794. The maximum absolute atomic E-state index is 5.43. The van der Waals surface area contributed by atoms with Crippen molar-refractivity contribution in [2.24, 2.45) is 0 Å². The van der Waals surface area contributed by atoms with Gasteiger partial charge in [0, 0.05) is 22.5 Å². The first-order chi connectivity index (χ1) is 45.6. The summed E-state index contributed by atoms with van der Waals surface area (Å²) in [6.45, 7) is 0. The Kier molecular flexibility index (Phi) is 13.5. The number of hydrogen-bond acceptors (Lipinski definition) is 2. The highest BCUT2D eigenvalue weighted by molar-refractivity contribution is 6.22. The van der Waals surface area contributed by atoms with Gasteiger partial charge in [-0.1, -0.05) is 291 Å². The second-order valence-corrected chi connectivity index (χ2v) is 23.6. The van der Waals surface area contributed by atoms with E-state index in [0.717, 1.165) is 123 Å². The van der Waals surface area contributed by atoms with Crippen molar-refractivity contribution in [1.82, 2.24) is 19.1 Å². The van der Waals surface area contributed by atoms with Crippen LogP contribution in [0.1, 0.15) is 0 Å². The van der Waals surface area contributed by atoms with E-state index in [0.29, 0.717) is 0 Å². The van der Waals surface area contributed by atoms with Crippen molar-refractivity contribution in [1.29, 1.82) is 0 Å². The van der Waals surface area contributed by atoms with Crippen molar-refractivity contribution >= 4 is 43.6 Å². The molecule has 0 aliphatic rings. The molecule has 92 heavy (non-hydrogen) atoms. The van der Waals surface area contributed by atoms with E-state index in [-0.39, 0.29) is 0 Å². The number of benzene rings is 15. The summed E-state index contributed by atoms with van der Waals surface area (Å²) in [5.41, 5.74) is 26.7. The fraction of sp³-hybridized carbons (Fsp3) is 0. The molecule has 0 aliphatic carbocycles. The highest BCUT2D eigenvalue weighted by Gasteiger charge is 2.23. The molecule has 2 heterocycles. The lowest BCUT2D eigenvalue weighted by molar-refractivity contribution is 1.10. The van der Waals surface area contributed by atoms with E-state index >= 15 is 0 Å². The maximum Gasteiger partial charge on any atom is 0.145 e. The van der Waals surface area contributed by atoms with Gasteiger partial charge in [0.15, 0.2) is 0 Å². The van der Waals surface area contributed by atoms with Gasteiger partial charge in [-0.15, -0.1) is 0 Å². The standard InChI is InChI=1S/C88H58N4/c1-9-25-61(26-10-1)75-55-81-83(57-77(75)63-29-13-3-14-30-63)91(87(89-81)67-37-21-7-22-38-67)71-47-41-59(42-48-71)69-45-51-73-79(53-69)85(65-33-17-5-18-34-65)74-52-46-70(54-80(74)86(73)66-35-19-6-20-36-66)60-43-49-72(50-44-60)92-84-58-78(64-31-15-4-16-32-64)76(62-27-11-2-12-28-62)56-82(84)90-88(92)68-39-23-8-24-40-68/h1-58H. The van der Waals surface area contributed by atoms with Crippen LogP contribution >= 0.6 is 0 Å². The van der Waals surface area contributed by atoms with Gasteiger partial charge < -0.3 is 0 Å². The largest absolute Gasteiger partial charge is 0.292 e. The van der Waals surface area contributed by atoms with Crippen LogP contribution in [0.4, 0.5) is 0 Å². The Hall–Kier alpha value is -12.2. The molecule has 0 saturated heterocycles. The summed E-state index contributed by atoms with van der Waals surface area (Å²) in [6.07, 6.45) is 0. The molecule has 0 spiro atoms. The minimum absolute atomic E-state index is 0.896. The van der Waals surface area contributed by atoms with Gasteiger partial charge in [-0.25, -0.2) is 9.97 Å². The third-order valence-electron chi connectivity index (χ3n) is 18.1. The normalized spacial score (nSPS) is 11.5. The van der Waals surface area contributed by atoms with Crippen LogP contribution in [0.15, 0.2) is 352 Å². The van der Waals surface area contributed by atoms with E-state index in [1.54, 1.807) is 0 Å². The predicted molar refractivity (Wildman–Crippen MR) is 385 cm³/mol. The zero-order chi connectivity index (χ0) is 60.9. The Morgan fingerprint density at radius 2 is 0.446 bits per heavy atom. The molecular formula is C88H58N4. The molecule has 0 bridgehead atoms. The molecule has 0 unspecified atom stereocenters. The summed E-state index contributed by atoms with van der Waals surface area (Å²) < 4.78 is 4.66. The number of nitrogens with zero attached hydrogens (tertiary/aromatic N) is 4. The lowest BCUT2D eigenvalue weighted by atomic mass is 9.84. The number of hydrogen-bond donors (Lipinski definition) is 0. The molecule has 17 aromatic rings. The second kappa shape index (κ2) is 23.0. The molecular weight excluding hydrogens is 1110 g/mol. The fourth-order valence-electron chi connectivity index (χ4n) is 13.8. The zero-order valence-corrected chi connectivity index (χ0v) is 50.3. The van der Waals surface area contributed by atoms with Crippen molar-refractivity contribution in [3.63, 3.8) is 0 Å². The van der Waals surface area contributed by atoms with Crippen LogP contribution in [-0.4, -0.2) is 19.1 Å². The molecule has 0 atom stereocenters. The number of fused-ring (bicyclic) bond motifs is 4. The third-order valence-corrected chi connectivity index (χ3v) is 18.1. The molecule has 0 fully saturated rings. The van der Waals surface area contributed by atoms with Gasteiger partial charge >= 0.3 is 0 Å². The highest BCUT2D eigenvalue weighted by atomic mass is 15.1. The number of rotatable bonds is 12. The summed E-state index contributed by atoms with van der Waals surface area (Å²) in [4.78, 5) is 10.9. The topological polar surface area (TPSA) is 35.6 Å². The van der Waals surface area contributed by atoms with Crippen LogP contribution in [0, 0.1) is 0 Å². The van der Waals surface area contributed by atoms with Crippen molar-refractivity contribution in [2.45, 2.75) is 0 Å². The molecule has 0 saturated carbocycles. The maximum atomic E-state index is 5.43. The van der Waals surface area contributed by atoms with Gasteiger partial charge in [0.2, 0.25) is 0 Å². The van der Waals surface area contributed by atoms with Crippen molar-refractivity contribution in [3.8, 4) is 123 Å². The van der Waals surface area contributed by atoms with E-state index in [9.17, 15) is 0 Å². The van der Waals surface area contributed by atoms with Crippen molar-refractivity contribution < 1.29 is 0 Å². The Morgan fingerprint density at radius 3 is 0.750 bits per heavy atom. The van der Waals surface area contributed by atoms with Crippen LogP contribution in [0.25, 0.3) is 167 Å². The Morgan fingerprint density at radius 1 is 0.185 bits per heavy atom.